The molecule has 5 nitrogen and oxygen atoms in total. The first kappa shape index (κ1) is 16.0. The van der Waals surface area contributed by atoms with Gasteiger partial charge in [0, 0.05) is 10.2 Å². The number of amides is 2. The van der Waals surface area contributed by atoms with Crippen LogP contribution in [0.2, 0.25) is 0 Å². The summed E-state index contributed by atoms with van der Waals surface area (Å²) >= 11 is 3.33. The summed E-state index contributed by atoms with van der Waals surface area (Å²) in [6.07, 6.45) is 0. The van der Waals surface area contributed by atoms with Crippen molar-refractivity contribution < 1.29 is 14.7 Å². The van der Waals surface area contributed by atoms with E-state index < -0.39 is 11.8 Å². The van der Waals surface area contributed by atoms with Crippen molar-refractivity contribution in [2.24, 2.45) is 0 Å². The Labute approximate surface area is 136 Å². The van der Waals surface area contributed by atoms with Gasteiger partial charge in [-0.05, 0) is 55.3 Å². The van der Waals surface area contributed by atoms with Gasteiger partial charge in [0.25, 0.3) is 0 Å². The van der Waals surface area contributed by atoms with E-state index in [0.29, 0.717) is 5.69 Å². The number of benzene rings is 2. The largest absolute Gasteiger partial charge is 0.506 e. The molecule has 6 heteroatoms. The van der Waals surface area contributed by atoms with Gasteiger partial charge < -0.3 is 15.7 Å². The minimum Gasteiger partial charge on any atom is -0.506 e. The van der Waals surface area contributed by atoms with Crippen molar-refractivity contribution in [3.05, 3.63) is 52.0 Å². The van der Waals surface area contributed by atoms with E-state index in [2.05, 4.69) is 26.6 Å². The SMILES string of the molecule is Cc1ccc(O)c(NC(=O)C(=O)Nc2ccc(Br)cc2C)c1. The fraction of sp³-hybridized carbons (Fsp3) is 0.125. The number of carbonyl (C=O) groups excluding carboxylic acids is 2. The smallest absolute Gasteiger partial charge is 0.314 e. The van der Waals surface area contributed by atoms with E-state index >= 15 is 0 Å². The first-order chi connectivity index (χ1) is 10.4. The van der Waals surface area contributed by atoms with Gasteiger partial charge in [-0.2, -0.15) is 0 Å². The van der Waals surface area contributed by atoms with Crippen LogP contribution in [0.15, 0.2) is 40.9 Å². The highest BCUT2D eigenvalue weighted by atomic mass is 79.9. The Morgan fingerprint density at radius 3 is 2.23 bits per heavy atom. The molecule has 2 aromatic carbocycles. The molecule has 0 aliphatic carbocycles. The van der Waals surface area contributed by atoms with Crippen LogP contribution in [0.25, 0.3) is 0 Å². The summed E-state index contributed by atoms with van der Waals surface area (Å²) in [6.45, 7) is 3.64. The van der Waals surface area contributed by atoms with E-state index in [4.69, 9.17) is 0 Å². The first-order valence-electron chi connectivity index (χ1n) is 6.55. The summed E-state index contributed by atoms with van der Waals surface area (Å²) in [7, 11) is 0. The Balaban J connectivity index is 2.09. The summed E-state index contributed by atoms with van der Waals surface area (Å²) in [6, 6.07) is 10.1. The maximum absolute atomic E-state index is 11.9. The molecule has 0 aliphatic heterocycles. The number of rotatable bonds is 2. The van der Waals surface area contributed by atoms with Crippen molar-refractivity contribution in [3.63, 3.8) is 0 Å². The number of nitrogens with one attached hydrogen (secondary N) is 2. The van der Waals surface area contributed by atoms with Crippen LogP contribution in [0.5, 0.6) is 5.75 Å². The molecule has 0 saturated carbocycles. The summed E-state index contributed by atoms with van der Waals surface area (Å²) in [5, 5.41) is 14.6. The Hall–Kier alpha value is -2.34. The lowest BCUT2D eigenvalue weighted by Crippen LogP contribution is -2.29. The van der Waals surface area contributed by atoms with Gasteiger partial charge in [-0.1, -0.05) is 22.0 Å². The summed E-state index contributed by atoms with van der Waals surface area (Å²) in [5.41, 5.74) is 2.44. The Morgan fingerprint density at radius 2 is 1.59 bits per heavy atom. The second-order valence-electron chi connectivity index (χ2n) is 4.89. The van der Waals surface area contributed by atoms with Crippen molar-refractivity contribution >= 4 is 39.1 Å². The minimum absolute atomic E-state index is 0.0911. The molecular formula is C16H15BrN2O3. The van der Waals surface area contributed by atoms with Gasteiger partial charge in [0.1, 0.15) is 5.75 Å². The number of aryl methyl sites for hydroxylation is 2. The molecule has 0 unspecified atom stereocenters. The highest BCUT2D eigenvalue weighted by Gasteiger charge is 2.16. The fourth-order valence-electron chi connectivity index (χ4n) is 1.88. The molecule has 2 amide bonds. The van der Waals surface area contributed by atoms with Gasteiger partial charge in [-0.3, -0.25) is 9.59 Å². The lowest BCUT2D eigenvalue weighted by Gasteiger charge is -2.10. The zero-order valence-corrected chi connectivity index (χ0v) is 13.7. The van der Waals surface area contributed by atoms with Crippen LogP contribution in [-0.4, -0.2) is 16.9 Å². The normalized spacial score (nSPS) is 10.1. The number of phenolic OH excluding ortho intramolecular Hbond substituents is 1. The average Bonchev–Trinajstić information content (AvgIpc) is 2.45. The number of hydrogen-bond acceptors (Lipinski definition) is 3. The van der Waals surface area contributed by atoms with Crippen LogP contribution in [-0.2, 0) is 9.59 Å². The van der Waals surface area contributed by atoms with Crippen molar-refractivity contribution in [2.75, 3.05) is 10.6 Å². The molecule has 0 radical (unpaired) electrons. The van der Waals surface area contributed by atoms with E-state index in [9.17, 15) is 14.7 Å². The third-order valence-electron chi connectivity index (χ3n) is 3.04. The lowest BCUT2D eigenvalue weighted by molar-refractivity contribution is -0.133. The number of halogens is 1. The van der Waals surface area contributed by atoms with Crippen molar-refractivity contribution in [3.8, 4) is 5.75 Å². The molecule has 22 heavy (non-hydrogen) atoms. The van der Waals surface area contributed by atoms with Gasteiger partial charge in [0.05, 0.1) is 5.69 Å². The summed E-state index contributed by atoms with van der Waals surface area (Å²) in [5.74, 6) is -1.74. The molecule has 0 heterocycles. The van der Waals surface area contributed by atoms with Crippen LogP contribution >= 0.6 is 15.9 Å². The average molecular weight is 363 g/mol. The highest BCUT2D eigenvalue weighted by molar-refractivity contribution is 9.10. The van der Waals surface area contributed by atoms with Gasteiger partial charge in [-0.25, -0.2) is 0 Å². The van der Waals surface area contributed by atoms with Crippen LogP contribution < -0.4 is 10.6 Å². The van der Waals surface area contributed by atoms with Crippen LogP contribution in [0.1, 0.15) is 11.1 Å². The molecule has 0 aromatic heterocycles. The van der Waals surface area contributed by atoms with Crippen molar-refractivity contribution in [2.45, 2.75) is 13.8 Å². The maximum Gasteiger partial charge on any atom is 0.314 e. The van der Waals surface area contributed by atoms with E-state index in [1.54, 1.807) is 24.3 Å². The topological polar surface area (TPSA) is 78.4 Å². The Bertz CT molecular complexity index is 744. The van der Waals surface area contributed by atoms with E-state index in [1.807, 2.05) is 19.9 Å². The lowest BCUT2D eigenvalue weighted by atomic mass is 10.2. The van der Waals surface area contributed by atoms with E-state index in [-0.39, 0.29) is 11.4 Å². The van der Waals surface area contributed by atoms with Gasteiger partial charge in [0.2, 0.25) is 0 Å². The zero-order chi connectivity index (χ0) is 16.3. The third-order valence-corrected chi connectivity index (χ3v) is 3.54. The third kappa shape index (κ3) is 3.85. The zero-order valence-electron chi connectivity index (χ0n) is 12.1. The number of anilines is 2. The standard InChI is InChI=1S/C16H15BrN2O3/c1-9-3-6-14(20)13(7-9)19-16(22)15(21)18-12-5-4-11(17)8-10(12)2/h3-8,20H,1-2H3,(H,18,21)(H,19,22). The summed E-state index contributed by atoms with van der Waals surface area (Å²) < 4.78 is 0.886. The number of phenols is 1. The predicted octanol–water partition coefficient (Wildman–Crippen LogP) is 3.35. The maximum atomic E-state index is 11.9. The molecule has 0 bridgehead atoms. The Morgan fingerprint density at radius 1 is 0.955 bits per heavy atom. The Kier molecular flexibility index (Phi) is 4.82. The van der Waals surface area contributed by atoms with E-state index in [1.165, 1.54) is 6.07 Å². The van der Waals surface area contributed by atoms with Crippen molar-refractivity contribution in [1.29, 1.82) is 0 Å². The minimum atomic E-state index is -0.844. The van der Waals surface area contributed by atoms with Crippen molar-refractivity contribution in [1.82, 2.24) is 0 Å². The van der Waals surface area contributed by atoms with Crippen LogP contribution in [0.3, 0.4) is 0 Å². The fourth-order valence-corrected chi connectivity index (χ4v) is 2.35. The van der Waals surface area contributed by atoms with Gasteiger partial charge in [-0.15, -0.1) is 0 Å². The first-order valence-corrected chi connectivity index (χ1v) is 7.34. The summed E-state index contributed by atoms with van der Waals surface area (Å²) in [4.78, 5) is 23.8. The molecular weight excluding hydrogens is 348 g/mol. The number of hydrogen-bond donors (Lipinski definition) is 3. The molecule has 0 spiro atoms. The molecule has 0 atom stereocenters. The monoisotopic (exact) mass is 362 g/mol. The second kappa shape index (κ2) is 6.62. The molecule has 114 valence electrons. The molecule has 3 N–H and O–H groups in total. The van der Waals surface area contributed by atoms with Crippen LogP contribution in [0.4, 0.5) is 11.4 Å². The second-order valence-corrected chi connectivity index (χ2v) is 5.80. The number of aromatic hydroxyl groups is 1. The molecule has 2 rings (SSSR count). The molecule has 0 fully saturated rings. The predicted molar refractivity (Wildman–Crippen MR) is 89.0 cm³/mol. The quantitative estimate of drug-likeness (QED) is 0.566. The molecule has 2 aromatic rings. The number of carbonyl (C=O) groups is 2. The molecule has 0 aliphatic rings. The molecule has 0 saturated heterocycles. The van der Waals surface area contributed by atoms with Gasteiger partial charge in [0.15, 0.2) is 0 Å². The van der Waals surface area contributed by atoms with Gasteiger partial charge >= 0.3 is 11.8 Å². The highest BCUT2D eigenvalue weighted by Crippen LogP contribution is 2.24. The van der Waals surface area contributed by atoms with Crippen LogP contribution in [0, 0.1) is 13.8 Å². The van der Waals surface area contributed by atoms with E-state index in [0.717, 1.165) is 15.6 Å².